The summed E-state index contributed by atoms with van der Waals surface area (Å²) in [6.07, 6.45) is 0.379. The minimum Gasteiger partial charge on any atom is -0.383 e. The van der Waals surface area contributed by atoms with E-state index in [0.29, 0.717) is 24.2 Å². The molecule has 0 saturated carbocycles. The summed E-state index contributed by atoms with van der Waals surface area (Å²) in [5.41, 5.74) is 8.51. The molecule has 0 spiro atoms. The van der Waals surface area contributed by atoms with E-state index in [-0.39, 0.29) is 17.5 Å². The van der Waals surface area contributed by atoms with Gasteiger partial charge in [-0.3, -0.25) is 0 Å². The van der Waals surface area contributed by atoms with E-state index < -0.39 is 0 Å². The lowest BCUT2D eigenvalue weighted by Gasteiger charge is -2.04. The Morgan fingerprint density at radius 3 is 2.04 bits per heavy atom. The monoisotopic (exact) mass is 324 g/mol. The molecule has 0 bridgehead atoms. The van der Waals surface area contributed by atoms with E-state index in [9.17, 15) is 14.0 Å². The fourth-order valence-corrected chi connectivity index (χ4v) is 2.45. The van der Waals surface area contributed by atoms with Crippen LogP contribution < -0.4 is 5.73 Å². The molecule has 1 aromatic heterocycles. The van der Waals surface area contributed by atoms with E-state index in [2.05, 4.69) is 11.2 Å². The molecule has 0 unspecified atom stereocenters. The lowest BCUT2D eigenvalue weighted by Crippen LogP contribution is -2.06. The first-order valence-electron chi connectivity index (χ1n) is 7.31. The third kappa shape index (κ3) is 3.25. The first kappa shape index (κ1) is 15.7. The van der Waals surface area contributed by atoms with Gasteiger partial charge in [-0.1, -0.05) is 24.3 Å². The fraction of sp³-hybridized carbons (Fsp3) is 0.111. The smallest absolute Gasteiger partial charge is 0.140 e. The molecule has 3 aromatic rings. The van der Waals surface area contributed by atoms with Gasteiger partial charge in [0.05, 0.1) is 12.2 Å². The van der Waals surface area contributed by atoms with Crippen molar-refractivity contribution in [3.05, 3.63) is 82.5 Å². The molecule has 0 saturated heterocycles. The summed E-state index contributed by atoms with van der Waals surface area (Å²) in [6, 6.07) is 14.1. The van der Waals surface area contributed by atoms with Crippen LogP contribution in [0.4, 0.5) is 14.6 Å². The number of rotatable bonds is 4. The van der Waals surface area contributed by atoms with Crippen molar-refractivity contribution in [1.29, 1.82) is 5.26 Å². The second-order valence-electron chi connectivity index (χ2n) is 5.41. The number of hydrogen-bond acceptors (Lipinski definition) is 3. The van der Waals surface area contributed by atoms with Crippen LogP contribution in [0.25, 0.3) is 0 Å². The maximum atomic E-state index is 13.0. The zero-order valence-electron chi connectivity index (χ0n) is 12.7. The summed E-state index contributed by atoms with van der Waals surface area (Å²) in [4.78, 5) is 0. The van der Waals surface area contributed by atoms with Gasteiger partial charge in [0.15, 0.2) is 0 Å². The highest BCUT2D eigenvalue weighted by Crippen LogP contribution is 2.20. The highest BCUT2D eigenvalue weighted by Gasteiger charge is 2.16. The van der Waals surface area contributed by atoms with Crippen LogP contribution in [0.2, 0.25) is 0 Å². The summed E-state index contributed by atoms with van der Waals surface area (Å²) in [7, 11) is 0. The summed E-state index contributed by atoms with van der Waals surface area (Å²) in [5, 5.41) is 13.7. The Morgan fingerprint density at radius 2 is 1.50 bits per heavy atom. The average molecular weight is 324 g/mol. The Balaban J connectivity index is 1.89. The molecule has 0 aliphatic carbocycles. The molecule has 2 N–H and O–H groups in total. The Bertz CT molecular complexity index is 891. The zero-order chi connectivity index (χ0) is 17.1. The fourth-order valence-electron chi connectivity index (χ4n) is 2.45. The molecule has 0 aliphatic rings. The molecule has 0 aliphatic heterocycles. The van der Waals surface area contributed by atoms with Crippen LogP contribution in [0.3, 0.4) is 0 Å². The maximum Gasteiger partial charge on any atom is 0.140 e. The average Bonchev–Trinajstić information content (AvgIpc) is 2.86. The van der Waals surface area contributed by atoms with E-state index in [1.807, 2.05) is 0 Å². The van der Waals surface area contributed by atoms with Crippen molar-refractivity contribution in [2.45, 2.75) is 13.0 Å². The van der Waals surface area contributed by atoms with Gasteiger partial charge in [-0.25, -0.2) is 13.5 Å². The second-order valence-corrected chi connectivity index (χ2v) is 5.41. The standard InChI is InChI=1S/C18H14F2N4/c19-14-5-1-12(2-6-14)9-17-16(10-21)18(22)24(23-17)11-13-3-7-15(20)8-4-13/h1-8H,9,11,22H2. The van der Waals surface area contributed by atoms with Crippen molar-refractivity contribution in [3.63, 3.8) is 0 Å². The van der Waals surface area contributed by atoms with E-state index in [1.54, 1.807) is 24.3 Å². The number of halogens is 2. The number of anilines is 1. The van der Waals surface area contributed by atoms with Crippen LogP contribution in [0.1, 0.15) is 22.4 Å². The third-order valence-electron chi connectivity index (χ3n) is 3.71. The quantitative estimate of drug-likeness (QED) is 0.801. The largest absolute Gasteiger partial charge is 0.383 e. The Labute approximate surface area is 137 Å². The van der Waals surface area contributed by atoms with Gasteiger partial charge in [0.25, 0.3) is 0 Å². The molecule has 0 fully saturated rings. The molecule has 24 heavy (non-hydrogen) atoms. The van der Waals surface area contributed by atoms with Crippen molar-refractivity contribution >= 4 is 5.82 Å². The number of nitrogen functional groups attached to an aromatic ring is 1. The number of hydrogen-bond donors (Lipinski definition) is 1. The second kappa shape index (κ2) is 6.50. The zero-order valence-corrected chi connectivity index (χ0v) is 12.7. The summed E-state index contributed by atoms with van der Waals surface area (Å²) < 4.78 is 27.5. The summed E-state index contributed by atoms with van der Waals surface area (Å²) >= 11 is 0. The number of nitriles is 1. The number of aromatic nitrogens is 2. The van der Waals surface area contributed by atoms with Gasteiger partial charge in [0, 0.05) is 6.42 Å². The minimum absolute atomic E-state index is 0.263. The van der Waals surface area contributed by atoms with Gasteiger partial charge in [0.2, 0.25) is 0 Å². The van der Waals surface area contributed by atoms with Crippen LogP contribution in [-0.4, -0.2) is 9.78 Å². The lowest BCUT2D eigenvalue weighted by atomic mass is 10.1. The molecular formula is C18H14F2N4. The van der Waals surface area contributed by atoms with Crippen LogP contribution in [0, 0.1) is 23.0 Å². The lowest BCUT2D eigenvalue weighted by molar-refractivity contribution is 0.624. The Morgan fingerprint density at radius 1 is 0.958 bits per heavy atom. The van der Waals surface area contributed by atoms with E-state index in [4.69, 9.17) is 5.73 Å². The predicted octanol–water partition coefficient (Wildman–Crippen LogP) is 3.25. The van der Waals surface area contributed by atoms with Crippen LogP contribution >= 0.6 is 0 Å². The molecule has 3 rings (SSSR count). The number of nitrogens with zero attached hydrogens (tertiary/aromatic N) is 3. The Kier molecular flexibility index (Phi) is 4.25. The SMILES string of the molecule is N#Cc1c(Cc2ccc(F)cc2)nn(Cc2ccc(F)cc2)c1N. The Hall–Kier alpha value is -3.20. The van der Waals surface area contributed by atoms with Crippen molar-refractivity contribution in [2.24, 2.45) is 0 Å². The summed E-state index contributed by atoms with van der Waals surface area (Å²) in [6.45, 7) is 0.338. The van der Waals surface area contributed by atoms with E-state index in [1.165, 1.54) is 28.9 Å². The van der Waals surface area contributed by atoms with Gasteiger partial charge < -0.3 is 5.73 Å². The number of benzene rings is 2. The molecule has 0 amide bonds. The van der Waals surface area contributed by atoms with Crippen molar-refractivity contribution in [3.8, 4) is 6.07 Å². The van der Waals surface area contributed by atoms with Gasteiger partial charge in [0.1, 0.15) is 29.1 Å². The van der Waals surface area contributed by atoms with Crippen molar-refractivity contribution in [1.82, 2.24) is 9.78 Å². The minimum atomic E-state index is -0.319. The first-order chi connectivity index (χ1) is 11.6. The molecule has 1 heterocycles. The molecule has 120 valence electrons. The topological polar surface area (TPSA) is 67.6 Å². The molecule has 0 radical (unpaired) electrons. The summed E-state index contributed by atoms with van der Waals surface area (Å²) in [5.74, 6) is -0.374. The van der Waals surface area contributed by atoms with Gasteiger partial charge in [-0.15, -0.1) is 0 Å². The molecule has 6 heteroatoms. The van der Waals surface area contributed by atoms with E-state index in [0.717, 1.165) is 11.1 Å². The molecule has 0 atom stereocenters. The van der Waals surface area contributed by atoms with Crippen molar-refractivity contribution < 1.29 is 8.78 Å². The molecular weight excluding hydrogens is 310 g/mol. The van der Waals surface area contributed by atoms with Gasteiger partial charge in [-0.2, -0.15) is 10.4 Å². The highest BCUT2D eigenvalue weighted by atomic mass is 19.1. The highest BCUT2D eigenvalue weighted by molar-refractivity contribution is 5.53. The van der Waals surface area contributed by atoms with Gasteiger partial charge in [-0.05, 0) is 35.4 Å². The first-order valence-corrected chi connectivity index (χ1v) is 7.31. The predicted molar refractivity (Wildman–Crippen MR) is 86.1 cm³/mol. The van der Waals surface area contributed by atoms with Crippen LogP contribution in [0.15, 0.2) is 48.5 Å². The molecule has 4 nitrogen and oxygen atoms in total. The normalized spacial score (nSPS) is 10.5. The third-order valence-corrected chi connectivity index (χ3v) is 3.71. The maximum absolute atomic E-state index is 13.0. The molecule has 2 aromatic carbocycles. The van der Waals surface area contributed by atoms with E-state index >= 15 is 0 Å². The van der Waals surface area contributed by atoms with Crippen LogP contribution in [-0.2, 0) is 13.0 Å². The van der Waals surface area contributed by atoms with Crippen molar-refractivity contribution in [2.75, 3.05) is 5.73 Å². The number of nitrogens with two attached hydrogens (primary N) is 1. The van der Waals surface area contributed by atoms with Crippen LogP contribution in [0.5, 0.6) is 0 Å². The van der Waals surface area contributed by atoms with Gasteiger partial charge >= 0.3 is 0 Å².